The second-order valence-corrected chi connectivity index (χ2v) is 7.82. The Morgan fingerprint density at radius 3 is 2.30 bits per heavy atom. The van der Waals surface area contributed by atoms with Gasteiger partial charge in [-0.1, -0.05) is 35.3 Å². The van der Waals surface area contributed by atoms with Crippen LogP contribution in [0, 0.1) is 0 Å². The highest BCUT2D eigenvalue weighted by Gasteiger charge is 2.39. The lowest BCUT2D eigenvalue weighted by atomic mass is 10.1. The molecule has 0 spiro atoms. The number of carbonyl (C=O) groups excluding carboxylic acids is 3. The molecular formula is C24H17Cl2N3O4. The van der Waals surface area contributed by atoms with Gasteiger partial charge in [0, 0.05) is 28.0 Å². The van der Waals surface area contributed by atoms with Crippen LogP contribution < -0.4 is 20.3 Å². The molecular weight excluding hydrogens is 465 g/mol. The average molecular weight is 482 g/mol. The zero-order chi connectivity index (χ0) is 23.5. The van der Waals surface area contributed by atoms with E-state index in [0.29, 0.717) is 33.4 Å². The third-order valence-electron chi connectivity index (χ3n) is 4.83. The lowest BCUT2D eigenvalue weighted by Gasteiger charge is -2.15. The SMILES string of the molecule is COc1cccc(NC(=O)c2cccc(NC3=C(Cl)C(=O)N(c4ccc(Cl)cc4)C3=O)c2)c1. The largest absolute Gasteiger partial charge is 0.497 e. The third-order valence-corrected chi connectivity index (χ3v) is 5.44. The van der Waals surface area contributed by atoms with Crippen molar-refractivity contribution >= 4 is 58.0 Å². The molecule has 0 aliphatic carbocycles. The molecule has 2 N–H and O–H groups in total. The number of hydrogen-bond donors (Lipinski definition) is 2. The van der Waals surface area contributed by atoms with Crippen LogP contribution in [0.3, 0.4) is 0 Å². The first-order valence-electron chi connectivity index (χ1n) is 9.74. The maximum absolute atomic E-state index is 12.9. The Morgan fingerprint density at radius 1 is 0.879 bits per heavy atom. The summed E-state index contributed by atoms with van der Waals surface area (Å²) in [6.07, 6.45) is 0. The lowest BCUT2D eigenvalue weighted by molar-refractivity contribution is -0.120. The molecule has 1 aliphatic rings. The van der Waals surface area contributed by atoms with Gasteiger partial charge in [0.05, 0.1) is 12.8 Å². The Hall–Kier alpha value is -3.81. The maximum Gasteiger partial charge on any atom is 0.283 e. The van der Waals surface area contributed by atoms with Gasteiger partial charge in [0.1, 0.15) is 16.5 Å². The minimum atomic E-state index is -0.654. The molecule has 0 saturated heterocycles. The standard InChI is InChI=1S/C24H17Cl2N3O4/c1-33-19-7-3-6-17(13-19)28-22(30)14-4-2-5-16(12-14)27-21-20(26)23(31)29(24(21)32)18-10-8-15(25)9-11-18/h2-13,27H,1H3,(H,28,30). The van der Waals surface area contributed by atoms with E-state index in [9.17, 15) is 14.4 Å². The zero-order valence-electron chi connectivity index (χ0n) is 17.3. The number of halogens is 2. The number of imide groups is 1. The van der Waals surface area contributed by atoms with Crippen LogP contribution in [0.15, 0.2) is 83.5 Å². The number of amides is 3. The van der Waals surface area contributed by atoms with Crippen molar-refractivity contribution in [2.75, 3.05) is 22.6 Å². The zero-order valence-corrected chi connectivity index (χ0v) is 18.8. The minimum Gasteiger partial charge on any atom is -0.497 e. The van der Waals surface area contributed by atoms with E-state index in [-0.39, 0.29) is 16.6 Å². The van der Waals surface area contributed by atoms with Gasteiger partial charge in [-0.3, -0.25) is 14.4 Å². The van der Waals surface area contributed by atoms with E-state index in [1.54, 1.807) is 79.9 Å². The number of benzene rings is 3. The highest BCUT2D eigenvalue weighted by atomic mass is 35.5. The lowest BCUT2D eigenvalue weighted by Crippen LogP contribution is -2.32. The number of methoxy groups -OCH3 is 1. The van der Waals surface area contributed by atoms with Gasteiger partial charge in [-0.25, -0.2) is 4.90 Å². The summed E-state index contributed by atoms with van der Waals surface area (Å²) in [4.78, 5) is 39.2. The van der Waals surface area contributed by atoms with Crippen LogP contribution in [0.1, 0.15) is 10.4 Å². The van der Waals surface area contributed by atoms with Gasteiger partial charge in [-0.2, -0.15) is 0 Å². The van der Waals surface area contributed by atoms with E-state index >= 15 is 0 Å². The molecule has 3 amide bonds. The van der Waals surface area contributed by atoms with Crippen molar-refractivity contribution < 1.29 is 19.1 Å². The molecule has 0 saturated carbocycles. The molecule has 0 aromatic heterocycles. The molecule has 9 heteroatoms. The van der Waals surface area contributed by atoms with Gasteiger partial charge in [0.15, 0.2) is 0 Å². The van der Waals surface area contributed by atoms with Crippen LogP contribution in [-0.4, -0.2) is 24.8 Å². The van der Waals surface area contributed by atoms with Gasteiger partial charge in [0.2, 0.25) is 0 Å². The molecule has 7 nitrogen and oxygen atoms in total. The number of ether oxygens (including phenoxy) is 1. The van der Waals surface area contributed by atoms with Crippen molar-refractivity contribution in [3.63, 3.8) is 0 Å². The van der Waals surface area contributed by atoms with Crippen molar-refractivity contribution in [1.82, 2.24) is 0 Å². The summed E-state index contributed by atoms with van der Waals surface area (Å²) in [5.41, 5.74) is 1.59. The summed E-state index contributed by atoms with van der Waals surface area (Å²) in [5.74, 6) is -1.01. The van der Waals surface area contributed by atoms with Gasteiger partial charge < -0.3 is 15.4 Å². The highest BCUT2D eigenvalue weighted by Crippen LogP contribution is 2.31. The molecule has 0 fully saturated rings. The van der Waals surface area contributed by atoms with Crippen molar-refractivity contribution in [2.24, 2.45) is 0 Å². The molecule has 3 aromatic carbocycles. The van der Waals surface area contributed by atoms with E-state index in [4.69, 9.17) is 27.9 Å². The number of nitrogens with one attached hydrogen (secondary N) is 2. The van der Waals surface area contributed by atoms with E-state index in [2.05, 4.69) is 10.6 Å². The summed E-state index contributed by atoms with van der Waals surface area (Å²) < 4.78 is 5.16. The fourth-order valence-corrected chi connectivity index (χ4v) is 3.56. The minimum absolute atomic E-state index is 0.0815. The van der Waals surface area contributed by atoms with Crippen LogP contribution in [0.2, 0.25) is 5.02 Å². The topological polar surface area (TPSA) is 87.7 Å². The molecule has 33 heavy (non-hydrogen) atoms. The molecule has 0 unspecified atom stereocenters. The summed E-state index contributed by atoms with van der Waals surface area (Å²) in [6.45, 7) is 0. The van der Waals surface area contributed by atoms with Crippen LogP contribution >= 0.6 is 23.2 Å². The number of anilines is 3. The molecule has 0 radical (unpaired) electrons. The Kier molecular flexibility index (Phi) is 6.35. The number of carbonyl (C=O) groups is 3. The smallest absolute Gasteiger partial charge is 0.283 e. The first-order valence-corrected chi connectivity index (χ1v) is 10.5. The molecule has 4 rings (SSSR count). The van der Waals surface area contributed by atoms with Gasteiger partial charge in [0.25, 0.3) is 17.7 Å². The Bertz CT molecular complexity index is 1290. The van der Waals surface area contributed by atoms with Gasteiger partial charge in [-0.15, -0.1) is 0 Å². The predicted molar refractivity (Wildman–Crippen MR) is 128 cm³/mol. The van der Waals surface area contributed by atoms with Crippen LogP contribution in [0.25, 0.3) is 0 Å². The number of rotatable bonds is 6. The highest BCUT2D eigenvalue weighted by molar-refractivity contribution is 6.53. The number of nitrogens with zero attached hydrogens (tertiary/aromatic N) is 1. The van der Waals surface area contributed by atoms with Crippen molar-refractivity contribution in [3.8, 4) is 5.75 Å². The molecule has 0 bridgehead atoms. The van der Waals surface area contributed by atoms with Crippen molar-refractivity contribution in [1.29, 1.82) is 0 Å². The second kappa shape index (κ2) is 9.36. The molecule has 0 atom stereocenters. The summed E-state index contributed by atoms with van der Waals surface area (Å²) in [6, 6.07) is 19.7. The van der Waals surface area contributed by atoms with Crippen LogP contribution in [0.5, 0.6) is 5.75 Å². The van der Waals surface area contributed by atoms with Crippen LogP contribution in [0.4, 0.5) is 17.1 Å². The summed E-state index contributed by atoms with van der Waals surface area (Å²) in [5, 5.41) is 5.88. The quantitative estimate of drug-likeness (QED) is 0.481. The average Bonchev–Trinajstić information content (AvgIpc) is 3.03. The fraction of sp³-hybridized carbons (Fsp3) is 0.0417. The van der Waals surface area contributed by atoms with E-state index < -0.39 is 11.8 Å². The van der Waals surface area contributed by atoms with E-state index in [1.165, 1.54) is 0 Å². The van der Waals surface area contributed by atoms with Gasteiger partial charge in [-0.05, 0) is 54.6 Å². The summed E-state index contributed by atoms with van der Waals surface area (Å²) in [7, 11) is 1.54. The first-order chi connectivity index (χ1) is 15.9. The van der Waals surface area contributed by atoms with E-state index in [0.717, 1.165) is 4.90 Å². The first kappa shape index (κ1) is 22.4. The fourth-order valence-electron chi connectivity index (χ4n) is 3.22. The molecule has 166 valence electrons. The molecule has 1 aliphatic heterocycles. The molecule has 3 aromatic rings. The normalized spacial score (nSPS) is 13.4. The maximum atomic E-state index is 12.9. The Morgan fingerprint density at radius 2 is 1.58 bits per heavy atom. The monoisotopic (exact) mass is 481 g/mol. The Balaban J connectivity index is 1.53. The third kappa shape index (κ3) is 4.69. The Labute approximate surface area is 199 Å². The van der Waals surface area contributed by atoms with Crippen LogP contribution in [-0.2, 0) is 9.59 Å². The molecule has 1 heterocycles. The van der Waals surface area contributed by atoms with Gasteiger partial charge >= 0.3 is 0 Å². The number of hydrogen-bond acceptors (Lipinski definition) is 5. The van der Waals surface area contributed by atoms with Crippen molar-refractivity contribution in [2.45, 2.75) is 0 Å². The van der Waals surface area contributed by atoms with E-state index in [1.807, 2.05) is 0 Å². The summed E-state index contributed by atoms with van der Waals surface area (Å²) >= 11 is 12.1. The van der Waals surface area contributed by atoms with Crippen molar-refractivity contribution in [3.05, 3.63) is 94.1 Å². The second-order valence-electron chi connectivity index (χ2n) is 7.00. The predicted octanol–water partition coefficient (Wildman–Crippen LogP) is 5.04.